The molecule has 4 heteroatoms. The Morgan fingerprint density at radius 2 is 1.81 bits per heavy atom. The van der Waals surface area contributed by atoms with Gasteiger partial charge in [-0.25, -0.2) is 0 Å². The average molecular weight is 435 g/mol. The topological polar surface area (TPSA) is 80.9 Å². The SMILES string of the molecule is CC(CO)CCC(O)[C@@H](C)[C@H]1[C@@H](O)C[C@H]2[C@@H]3CC=C4C[C@@H](O)CC[C@]4(C)[C@H]3CC[C@]12C. The molecule has 0 aromatic carbocycles. The molecular weight excluding hydrogens is 388 g/mol. The summed E-state index contributed by atoms with van der Waals surface area (Å²) in [6.45, 7) is 9.18. The lowest BCUT2D eigenvalue weighted by molar-refractivity contribution is -0.0770. The van der Waals surface area contributed by atoms with E-state index >= 15 is 0 Å². The van der Waals surface area contributed by atoms with Gasteiger partial charge in [-0.3, -0.25) is 0 Å². The third-order valence-corrected chi connectivity index (χ3v) is 10.6. The molecule has 4 aliphatic carbocycles. The summed E-state index contributed by atoms with van der Waals surface area (Å²) in [5, 5.41) is 41.8. The minimum atomic E-state index is -0.419. The van der Waals surface area contributed by atoms with E-state index in [9.17, 15) is 20.4 Å². The van der Waals surface area contributed by atoms with Crippen LogP contribution >= 0.6 is 0 Å². The monoisotopic (exact) mass is 434 g/mol. The summed E-state index contributed by atoms with van der Waals surface area (Å²) < 4.78 is 0. The van der Waals surface area contributed by atoms with E-state index in [0.717, 1.165) is 44.9 Å². The van der Waals surface area contributed by atoms with Crippen molar-refractivity contribution < 1.29 is 20.4 Å². The Bertz CT molecular complexity index is 676. The van der Waals surface area contributed by atoms with E-state index in [1.165, 1.54) is 12.0 Å². The predicted octanol–water partition coefficient (Wildman–Crippen LogP) is 4.30. The van der Waals surface area contributed by atoms with Crippen LogP contribution in [-0.4, -0.2) is 45.3 Å². The third kappa shape index (κ3) is 3.94. The van der Waals surface area contributed by atoms with Crippen LogP contribution in [0.5, 0.6) is 0 Å². The van der Waals surface area contributed by atoms with E-state index in [1.807, 2.05) is 6.92 Å². The van der Waals surface area contributed by atoms with Crippen molar-refractivity contribution in [1.29, 1.82) is 0 Å². The quantitative estimate of drug-likeness (QED) is 0.470. The molecule has 0 aromatic rings. The number of hydrogen-bond donors (Lipinski definition) is 4. The first kappa shape index (κ1) is 23.7. The van der Waals surface area contributed by atoms with Crippen LogP contribution in [0, 0.1) is 46.3 Å². The zero-order valence-corrected chi connectivity index (χ0v) is 20.1. The molecule has 0 bridgehead atoms. The molecule has 4 nitrogen and oxygen atoms in total. The lowest BCUT2D eigenvalue weighted by atomic mass is 9.47. The van der Waals surface area contributed by atoms with E-state index in [0.29, 0.717) is 24.2 Å². The van der Waals surface area contributed by atoms with Crippen LogP contribution in [0.1, 0.15) is 85.5 Å². The highest BCUT2D eigenvalue weighted by Gasteiger charge is 2.62. The molecule has 0 aromatic heterocycles. The van der Waals surface area contributed by atoms with Crippen LogP contribution < -0.4 is 0 Å². The van der Waals surface area contributed by atoms with E-state index in [4.69, 9.17) is 0 Å². The molecule has 0 saturated heterocycles. The second kappa shape index (κ2) is 8.74. The predicted molar refractivity (Wildman–Crippen MR) is 123 cm³/mol. The Morgan fingerprint density at radius 1 is 1.06 bits per heavy atom. The summed E-state index contributed by atoms with van der Waals surface area (Å²) in [7, 11) is 0. The maximum Gasteiger partial charge on any atom is 0.0580 e. The summed E-state index contributed by atoms with van der Waals surface area (Å²) in [5.41, 5.74) is 1.80. The summed E-state index contributed by atoms with van der Waals surface area (Å²) in [4.78, 5) is 0. The number of rotatable bonds is 6. The highest BCUT2D eigenvalue weighted by molar-refractivity contribution is 5.25. The molecule has 3 fully saturated rings. The Balaban J connectivity index is 1.53. The van der Waals surface area contributed by atoms with Gasteiger partial charge in [-0.05, 0) is 104 Å². The number of fused-ring (bicyclic) bond motifs is 5. The van der Waals surface area contributed by atoms with Gasteiger partial charge in [0.1, 0.15) is 0 Å². The van der Waals surface area contributed by atoms with Gasteiger partial charge in [-0.15, -0.1) is 0 Å². The summed E-state index contributed by atoms with van der Waals surface area (Å²) in [5.74, 6) is 2.22. The maximum absolute atomic E-state index is 11.2. The lowest BCUT2D eigenvalue weighted by Gasteiger charge is -2.58. The Labute approximate surface area is 189 Å². The zero-order chi connectivity index (χ0) is 22.6. The van der Waals surface area contributed by atoms with Crippen molar-refractivity contribution in [3.8, 4) is 0 Å². The van der Waals surface area contributed by atoms with Crippen molar-refractivity contribution >= 4 is 0 Å². The summed E-state index contributed by atoms with van der Waals surface area (Å²) >= 11 is 0. The van der Waals surface area contributed by atoms with Gasteiger partial charge in [0.15, 0.2) is 0 Å². The average Bonchev–Trinajstić information content (AvgIpc) is 3.01. The van der Waals surface area contributed by atoms with Crippen LogP contribution in [0.4, 0.5) is 0 Å². The molecule has 4 aliphatic rings. The molecule has 178 valence electrons. The van der Waals surface area contributed by atoms with Gasteiger partial charge in [0.25, 0.3) is 0 Å². The molecular formula is C27H46O4. The fourth-order valence-electron chi connectivity index (χ4n) is 8.69. The molecule has 4 N–H and O–H groups in total. The first-order valence-corrected chi connectivity index (χ1v) is 13.0. The maximum atomic E-state index is 11.2. The van der Waals surface area contributed by atoms with Crippen molar-refractivity contribution in [2.24, 2.45) is 46.3 Å². The van der Waals surface area contributed by atoms with Gasteiger partial charge < -0.3 is 20.4 Å². The molecule has 2 unspecified atom stereocenters. The van der Waals surface area contributed by atoms with Gasteiger partial charge in [-0.2, -0.15) is 0 Å². The van der Waals surface area contributed by atoms with Crippen LogP contribution in [0.15, 0.2) is 11.6 Å². The largest absolute Gasteiger partial charge is 0.396 e. The second-order valence-electron chi connectivity index (χ2n) is 12.3. The van der Waals surface area contributed by atoms with Crippen LogP contribution in [0.25, 0.3) is 0 Å². The lowest BCUT2D eigenvalue weighted by Crippen LogP contribution is -2.51. The van der Waals surface area contributed by atoms with Crippen molar-refractivity contribution in [1.82, 2.24) is 0 Å². The van der Waals surface area contributed by atoms with Gasteiger partial charge in [0.05, 0.1) is 18.3 Å². The standard InChI is InChI=1S/C27H46O4/c1-16(15-28)5-8-23(30)17(2)25-24(31)14-22-20-7-6-18-13-19(29)9-11-26(18,3)21(20)10-12-27(22,25)4/h6,16-17,19-25,28-31H,5,7-15H2,1-4H3/t16?,17-,19+,20-,21+,22+,23?,24+,25+,26+,27+/m1/s1. The first-order valence-electron chi connectivity index (χ1n) is 13.0. The summed E-state index contributed by atoms with van der Waals surface area (Å²) in [6, 6.07) is 0. The van der Waals surface area contributed by atoms with E-state index in [2.05, 4.69) is 26.8 Å². The molecule has 3 saturated carbocycles. The van der Waals surface area contributed by atoms with E-state index in [-0.39, 0.29) is 47.4 Å². The normalized spacial score (nSPS) is 47.5. The minimum Gasteiger partial charge on any atom is -0.396 e. The first-order chi connectivity index (χ1) is 14.6. The van der Waals surface area contributed by atoms with Gasteiger partial charge in [0, 0.05) is 6.61 Å². The Hall–Kier alpha value is -0.420. The highest BCUT2D eigenvalue weighted by Crippen LogP contribution is 2.67. The van der Waals surface area contributed by atoms with Crippen LogP contribution in [0.2, 0.25) is 0 Å². The van der Waals surface area contributed by atoms with Crippen molar-refractivity contribution in [3.63, 3.8) is 0 Å². The molecule has 0 radical (unpaired) electrons. The molecule has 11 atom stereocenters. The smallest absolute Gasteiger partial charge is 0.0580 e. The fraction of sp³-hybridized carbons (Fsp3) is 0.926. The zero-order valence-electron chi connectivity index (χ0n) is 20.1. The summed E-state index contributed by atoms with van der Waals surface area (Å²) in [6.07, 6.45) is 10.2. The van der Waals surface area contributed by atoms with E-state index < -0.39 is 6.10 Å². The van der Waals surface area contributed by atoms with Crippen molar-refractivity contribution in [2.45, 2.75) is 104 Å². The number of aliphatic hydroxyl groups is 4. The second-order valence-corrected chi connectivity index (χ2v) is 12.3. The molecule has 0 amide bonds. The fourth-order valence-corrected chi connectivity index (χ4v) is 8.69. The molecule has 4 rings (SSSR count). The van der Waals surface area contributed by atoms with Gasteiger partial charge >= 0.3 is 0 Å². The molecule has 31 heavy (non-hydrogen) atoms. The van der Waals surface area contributed by atoms with Gasteiger partial charge in [-0.1, -0.05) is 39.3 Å². The third-order valence-electron chi connectivity index (χ3n) is 10.6. The molecule has 0 spiro atoms. The number of hydrogen-bond acceptors (Lipinski definition) is 4. The highest BCUT2D eigenvalue weighted by atomic mass is 16.3. The number of allylic oxidation sites excluding steroid dienone is 1. The number of aliphatic hydroxyl groups excluding tert-OH is 4. The molecule has 0 aliphatic heterocycles. The molecule has 0 heterocycles. The Morgan fingerprint density at radius 3 is 2.52 bits per heavy atom. The van der Waals surface area contributed by atoms with Crippen molar-refractivity contribution in [2.75, 3.05) is 6.61 Å². The van der Waals surface area contributed by atoms with Gasteiger partial charge in [0.2, 0.25) is 0 Å². The minimum absolute atomic E-state index is 0.0718. The van der Waals surface area contributed by atoms with E-state index in [1.54, 1.807) is 0 Å². The Kier molecular flexibility index (Phi) is 6.69. The van der Waals surface area contributed by atoms with Crippen LogP contribution in [0.3, 0.4) is 0 Å². The van der Waals surface area contributed by atoms with Crippen LogP contribution in [-0.2, 0) is 0 Å². The van der Waals surface area contributed by atoms with Crippen molar-refractivity contribution in [3.05, 3.63) is 11.6 Å².